The molecular formula is C17H18IN5O3S. The smallest absolute Gasteiger partial charge is 0.252 e. The molecule has 8 nitrogen and oxygen atoms in total. The van der Waals surface area contributed by atoms with Gasteiger partial charge in [0.05, 0.1) is 12.1 Å². The van der Waals surface area contributed by atoms with Gasteiger partial charge in [-0.15, -0.1) is 10.2 Å². The Kier molecular flexibility index (Phi) is 6.72. The summed E-state index contributed by atoms with van der Waals surface area (Å²) in [6, 6.07) is 7.21. The highest BCUT2D eigenvalue weighted by molar-refractivity contribution is 14.1. The summed E-state index contributed by atoms with van der Waals surface area (Å²) in [4.78, 5) is 38.4. The van der Waals surface area contributed by atoms with Crippen LogP contribution in [0.1, 0.15) is 23.2 Å². The van der Waals surface area contributed by atoms with E-state index in [4.69, 9.17) is 0 Å². The second kappa shape index (κ2) is 9.22. The number of aromatic nitrogens is 2. The molecule has 2 aromatic rings. The quantitative estimate of drug-likeness (QED) is 0.611. The van der Waals surface area contributed by atoms with Crippen molar-refractivity contribution in [2.45, 2.75) is 12.8 Å². The SMILES string of the molecule is O=C(NCC(=O)N1CCC(C(=O)Nc2nncs2)CC1)c1ccccc1I. The Morgan fingerprint density at radius 1 is 1.22 bits per heavy atom. The van der Waals surface area contributed by atoms with E-state index in [-0.39, 0.29) is 30.2 Å². The zero-order valence-corrected chi connectivity index (χ0v) is 17.3. The Bertz CT molecular complexity index is 822. The minimum atomic E-state index is -0.264. The second-order valence-corrected chi connectivity index (χ2v) is 8.05. The van der Waals surface area contributed by atoms with Gasteiger partial charge in [0.25, 0.3) is 5.91 Å². The van der Waals surface area contributed by atoms with E-state index in [9.17, 15) is 14.4 Å². The average Bonchev–Trinajstić information content (AvgIpc) is 3.19. The molecule has 3 amide bonds. The Hall–Kier alpha value is -2.08. The van der Waals surface area contributed by atoms with Gasteiger partial charge in [0, 0.05) is 22.6 Å². The summed E-state index contributed by atoms with van der Waals surface area (Å²) in [6.45, 7) is 0.934. The first-order valence-corrected chi connectivity index (χ1v) is 10.4. The molecule has 27 heavy (non-hydrogen) atoms. The van der Waals surface area contributed by atoms with Crippen molar-refractivity contribution in [1.82, 2.24) is 20.4 Å². The Labute approximate surface area is 173 Å². The van der Waals surface area contributed by atoms with E-state index >= 15 is 0 Å². The molecule has 2 heterocycles. The number of halogens is 1. The van der Waals surface area contributed by atoms with Crippen molar-refractivity contribution in [2.24, 2.45) is 5.92 Å². The van der Waals surface area contributed by atoms with Crippen LogP contribution in [-0.4, -0.2) is 52.5 Å². The Morgan fingerprint density at radius 3 is 2.63 bits per heavy atom. The van der Waals surface area contributed by atoms with Gasteiger partial charge in [-0.25, -0.2) is 0 Å². The normalized spacial score (nSPS) is 14.6. The van der Waals surface area contributed by atoms with Crippen LogP contribution in [0.25, 0.3) is 0 Å². The van der Waals surface area contributed by atoms with Crippen LogP contribution in [0, 0.1) is 9.49 Å². The molecule has 1 aromatic heterocycles. The maximum Gasteiger partial charge on any atom is 0.252 e. The van der Waals surface area contributed by atoms with Crippen LogP contribution in [0.2, 0.25) is 0 Å². The number of likely N-dealkylation sites (tertiary alicyclic amines) is 1. The van der Waals surface area contributed by atoms with Gasteiger partial charge < -0.3 is 15.5 Å². The first kappa shape index (κ1) is 19.7. The molecule has 1 fully saturated rings. The number of benzene rings is 1. The minimum Gasteiger partial charge on any atom is -0.343 e. The molecule has 2 N–H and O–H groups in total. The summed E-state index contributed by atoms with van der Waals surface area (Å²) >= 11 is 3.36. The third kappa shape index (κ3) is 5.22. The van der Waals surface area contributed by atoms with Gasteiger partial charge in [-0.3, -0.25) is 14.4 Å². The molecule has 1 aliphatic heterocycles. The molecule has 0 unspecified atom stereocenters. The van der Waals surface area contributed by atoms with Gasteiger partial charge in [0.15, 0.2) is 0 Å². The van der Waals surface area contributed by atoms with Crippen LogP contribution in [0.3, 0.4) is 0 Å². The van der Waals surface area contributed by atoms with Crippen LogP contribution in [0.5, 0.6) is 0 Å². The first-order valence-electron chi connectivity index (χ1n) is 8.42. The summed E-state index contributed by atoms with van der Waals surface area (Å²) < 4.78 is 0.835. The highest BCUT2D eigenvalue weighted by Crippen LogP contribution is 2.20. The molecule has 1 saturated heterocycles. The number of anilines is 1. The fourth-order valence-corrected chi connectivity index (χ4v) is 3.91. The molecule has 0 bridgehead atoms. The molecule has 0 atom stereocenters. The predicted molar refractivity (Wildman–Crippen MR) is 109 cm³/mol. The number of rotatable bonds is 5. The molecule has 0 spiro atoms. The summed E-state index contributed by atoms with van der Waals surface area (Å²) in [5.74, 6) is -0.652. The topological polar surface area (TPSA) is 104 Å². The van der Waals surface area contributed by atoms with Crippen LogP contribution < -0.4 is 10.6 Å². The number of nitrogens with zero attached hydrogens (tertiary/aromatic N) is 3. The zero-order valence-electron chi connectivity index (χ0n) is 14.4. The predicted octanol–water partition coefficient (Wildman–Crippen LogP) is 1.75. The molecule has 1 aliphatic rings. The fraction of sp³-hybridized carbons (Fsp3) is 0.353. The van der Waals surface area contributed by atoms with Crippen LogP contribution in [0.4, 0.5) is 5.13 Å². The lowest BCUT2D eigenvalue weighted by molar-refractivity contribution is -0.133. The molecule has 10 heteroatoms. The lowest BCUT2D eigenvalue weighted by atomic mass is 9.96. The van der Waals surface area contributed by atoms with Crippen molar-refractivity contribution in [2.75, 3.05) is 25.0 Å². The zero-order chi connectivity index (χ0) is 19.2. The molecule has 0 aliphatic carbocycles. The van der Waals surface area contributed by atoms with Gasteiger partial charge in [-0.1, -0.05) is 23.5 Å². The van der Waals surface area contributed by atoms with Crippen molar-refractivity contribution in [3.63, 3.8) is 0 Å². The molecule has 142 valence electrons. The average molecular weight is 499 g/mol. The van der Waals surface area contributed by atoms with Crippen molar-refractivity contribution < 1.29 is 14.4 Å². The van der Waals surface area contributed by atoms with Crippen molar-refractivity contribution in [1.29, 1.82) is 0 Å². The highest BCUT2D eigenvalue weighted by Gasteiger charge is 2.28. The maximum atomic E-state index is 12.3. The molecule has 3 rings (SSSR count). The van der Waals surface area contributed by atoms with Gasteiger partial charge in [-0.05, 0) is 47.6 Å². The standard InChI is InChI=1S/C17H18IN5O3S/c18-13-4-2-1-3-12(13)16(26)19-9-14(24)23-7-5-11(6-8-23)15(25)21-17-22-20-10-27-17/h1-4,10-11H,5-9H2,(H,19,26)(H,21,22,25). The molecule has 0 saturated carbocycles. The van der Waals surface area contributed by atoms with E-state index in [0.717, 1.165) is 3.57 Å². The van der Waals surface area contributed by atoms with Crippen molar-refractivity contribution >= 4 is 56.8 Å². The molecule has 1 aromatic carbocycles. The Morgan fingerprint density at radius 2 is 1.96 bits per heavy atom. The summed E-state index contributed by atoms with van der Waals surface area (Å²) in [6.07, 6.45) is 1.17. The second-order valence-electron chi connectivity index (χ2n) is 6.05. The van der Waals surface area contributed by atoms with E-state index in [2.05, 4.69) is 43.4 Å². The number of hydrogen-bond acceptors (Lipinski definition) is 6. The number of piperidine rings is 1. The lowest BCUT2D eigenvalue weighted by Gasteiger charge is -2.31. The first-order chi connectivity index (χ1) is 13.0. The highest BCUT2D eigenvalue weighted by atomic mass is 127. The van der Waals surface area contributed by atoms with Crippen molar-refractivity contribution in [3.8, 4) is 0 Å². The van der Waals surface area contributed by atoms with E-state index in [1.54, 1.807) is 22.5 Å². The van der Waals surface area contributed by atoms with E-state index < -0.39 is 0 Å². The van der Waals surface area contributed by atoms with Crippen LogP contribution >= 0.6 is 33.9 Å². The summed E-state index contributed by atoms with van der Waals surface area (Å²) in [5, 5.41) is 13.4. The number of carbonyl (C=O) groups excluding carboxylic acids is 3. The fourth-order valence-electron chi connectivity index (χ4n) is 2.83. The van der Waals surface area contributed by atoms with E-state index in [1.807, 2.05) is 12.1 Å². The van der Waals surface area contributed by atoms with E-state index in [1.165, 1.54) is 11.3 Å². The monoisotopic (exact) mass is 499 g/mol. The summed E-state index contributed by atoms with van der Waals surface area (Å²) in [7, 11) is 0. The van der Waals surface area contributed by atoms with Gasteiger partial charge >= 0.3 is 0 Å². The van der Waals surface area contributed by atoms with Gasteiger partial charge in [0.1, 0.15) is 5.51 Å². The van der Waals surface area contributed by atoms with Crippen LogP contribution in [0.15, 0.2) is 29.8 Å². The van der Waals surface area contributed by atoms with Gasteiger partial charge in [-0.2, -0.15) is 0 Å². The minimum absolute atomic E-state index is 0.0501. The lowest BCUT2D eigenvalue weighted by Crippen LogP contribution is -2.45. The third-order valence-corrected chi connectivity index (χ3v) is 5.87. The van der Waals surface area contributed by atoms with Gasteiger partial charge in [0.2, 0.25) is 16.9 Å². The maximum absolute atomic E-state index is 12.3. The van der Waals surface area contributed by atoms with Crippen molar-refractivity contribution in [3.05, 3.63) is 38.9 Å². The van der Waals surface area contributed by atoms with E-state index in [0.29, 0.717) is 36.6 Å². The number of nitrogens with one attached hydrogen (secondary N) is 2. The van der Waals surface area contributed by atoms with Crippen LogP contribution in [-0.2, 0) is 9.59 Å². The number of carbonyl (C=O) groups is 3. The third-order valence-electron chi connectivity index (χ3n) is 4.33. The Balaban J connectivity index is 1.44. The molecule has 0 radical (unpaired) electrons. The largest absolute Gasteiger partial charge is 0.343 e. The molecular weight excluding hydrogens is 481 g/mol. The summed E-state index contributed by atoms with van der Waals surface area (Å²) in [5.41, 5.74) is 2.11. The number of hydrogen-bond donors (Lipinski definition) is 2. The number of amides is 3.